The molecule has 0 amide bonds. The van der Waals surface area contributed by atoms with E-state index in [1.54, 1.807) is 6.92 Å². The zero-order chi connectivity index (χ0) is 11.2. The molecule has 4 N–H and O–H groups in total. The molecule has 0 spiro atoms. The van der Waals surface area contributed by atoms with Crippen molar-refractivity contribution < 1.29 is 4.39 Å². The van der Waals surface area contributed by atoms with E-state index in [-0.39, 0.29) is 23.7 Å². The lowest BCUT2D eigenvalue weighted by Gasteiger charge is -2.16. The van der Waals surface area contributed by atoms with Crippen molar-refractivity contribution in [3.8, 4) is 0 Å². The third kappa shape index (κ3) is 9.19. The second-order valence-electron chi connectivity index (χ2n) is 4.16. The predicted octanol–water partition coefficient (Wildman–Crippen LogP) is 1.94. The van der Waals surface area contributed by atoms with Crippen LogP contribution in [0.25, 0.3) is 0 Å². The lowest BCUT2D eigenvalue weighted by Crippen LogP contribution is -2.31. The Morgan fingerprint density at radius 3 is 2.57 bits per heavy atom. The molecule has 0 fully saturated rings. The van der Waals surface area contributed by atoms with Crippen molar-refractivity contribution in [2.75, 3.05) is 6.54 Å². The Labute approximate surface area is 85.1 Å². The molecule has 0 radical (unpaired) electrons. The highest BCUT2D eigenvalue weighted by Gasteiger charge is 2.08. The molecule has 0 unspecified atom stereocenters. The van der Waals surface area contributed by atoms with Gasteiger partial charge >= 0.3 is 0 Å². The zero-order valence-electron chi connectivity index (χ0n) is 9.15. The van der Waals surface area contributed by atoms with Crippen molar-refractivity contribution in [1.29, 1.82) is 5.41 Å². The fourth-order valence-electron chi connectivity index (χ4n) is 0.890. The first kappa shape index (κ1) is 13.1. The molecule has 0 rings (SSSR count). The maximum atomic E-state index is 13.0. The number of amidine groups is 1. The molecule has 0 aromatic carbocycles. The number of hydrogen-bond acceptors (Lipinski definition) is 2. The van der Waals surface area contributed by atoms with E-state index < -0.39 is 0 Å². The van der Waals surface area contributed by atoms with Crippen molar-refractivity contribution in [3.63, 3.8) is 0 Å². The van der Waals surface area contributed by atoms with Crippen LogP contribution in [0.15, 0.2) is 11.9 Å². The Morgan fingerprint density at radius 1 is 1.57 bits per heavy atom. The van der Waals surface area contributed by atoms with E-state index in [4.69, 9.17) is 11.1 Å². The summed E-state index contributed by atoms with van der Waals surface area (Å²) in [6, 6.07) is 0. The maximum Gasteiger partial charge on any atom is 0.115 e. The molecule has 0 aromatic rings. The summed E-state index contributed by atoms with van der Waals surface area (Å²) >= 11 is 0. The fourth-order valence-corrected chi connectivity index (χ4v) is 0.890. The molecular formula is C10H20FN3. The second kappa shape index (κ2) is 5.75. The summed E-state index contributed by atoms with van der Waals surface area (Å²) in [6.45, 7) is 5.51. The van der Waals surface area contributed by atoms with Crippen LogP contribution in [0, 0.1) is 5.41 Å². The van der Waals surface area contributed by atoms with Crippen LogP contribution in [0.2, 0.25) is 0 Å². The van der Waals surface area contributed by atoms with Crippen LogP contribution in [0.5, 0.6) is 0 Å². The van der Waals surface area contributed by atoms with Crippen LogP contribution in [-0.2, 0) is 0 Å². The molecule has 0 aromatic heterocycles. The molecule has 0 aliphatic rings. The highest BCUT2D eigenvalue weighted by atomic mass is 19.1. The Morgan fingerprint density at radius 2 is 2.14 bits per heavy atom. The van der Waals surface area contributed by atoms with Gasteiger partial charge in [0.05, 0.1) is 12.4 Å². The molecule has 0 saturated carbocycles. The Kier molecular flexibility index (Phi) is 5.38. The number of allylic oxidation sites excluding steroid dienone is 1. The third-order valence-electron chi connectivity index (χ3n) is 1.68. The van der Waals surface area contributed by atoms with E-state index in [0.717, 1.165) is 6.42 Å². The molecule has 0 bridgehead atoms. The van der Waals surface area contributed by atoms with Gasteiger partial charge in [0.1, 0.15) is 5.83 Å². The first-order chi connectivity index (χ1) is 6.31. The summed E-state index contributed by atoms with van der Waals surface area (Å²) in [4.78, 5) is 0. The quantitative estimate of drug-likeness (QED) is 0.470. The maximum absolute atomic E-state index is 13.0. The first-order valence-corrected chi connectivity index (χ1v) is 4.74. The minimum Gasteiger partial charge on any atom is -0.368 e. The van der Waals surface area contributed by atoms with Gasteiger partial charge in [-0.2, -0.15) is 0 Å². The number of nitrogens with one attached hydrogen (secondary N) is 2. The highest BCUT2D eigenvalue weighted by molar-refractivity contribution is 5.76. The van der Waals surface area contributed by atoms with Gasteiger partial charge in [0.25, 0.3) is 0 Å². The molecule has 0 heterocycles. The molecule has 3 nitrogen and oxygen atoms in total. The lowest BCUT2D eigenvalue weighted by atomic mass is 10.00. The summed E-state index contributed by atoms with van der Waals surface area (Å²) in [5.74, 6) is 0.0357. The molecule has 14 heavy (non-hydrogen) atoms. The van der Waals surface area contributed by atoms with Crippen molar-refractivity contribution in [3.05, 3.63) is 11.9 Å². The number of hydrogen-bond donors (Lipinski definition) is 3. The lowest BCUT2D eigenvalue weighted by molar-refractivity contribution is 0.477. The number of halogens is 1. The topological polar surface area (TPSA) is 61.9 Å². The van der Waals surface area contributed by atoms with Crippen molar-refractivity contribution in [1.82, 2.24) is 5.32 Å². The Hall–Kier alpha value is -0.900. The molecule has 0 saturated heterocycles. The van der Waals surface area contributed by atoms with Gasteiger partial charge in [0, 0.05) is 5.54 Å². The molecule has 0 atom stereocenters. The van der Waals surface area contributed by atoms with Crippen LogP contribution >= 0.6 is 0 Å². The minimum absolute atomic E-state index is 0.0976. The van der Waals surface area contributed by atoms with Crippen molar-refractivity contribution in [2.45, 2.75) is 39.2 Å². The van der Waals surface area contributed by atoms with E-state index in [1.807, 2.05) is 13.8 Å². The van der Waals surface area contributed by atoms with Crippen LogP contribution < -0.4 is 11.1 Å². The normalized spacial score (nSPS) is 12.8. The standard InChI is InChI=1S/C10H20FN3/c1-8(12)14-7-9(11)5-4-6-10(2,3)13/h5H,4,6-7,13H2,1-3H3,(H2,12,14)/b9-5-. The fraction of sp³-hybridized carbons (Fsp3) is 0.700. The van der Waals surface area contributed by atoms with E-state index >= 15 is 0 Å². The van der Waals surface area contributed by atoms with Crippen LogP contribution in [0.3, 0.4) is 0 Å². The number of nitrogens with two attached hydrogens (primary N) is 1. The highest BCUT2D eigenvalue weighted by Crippen LogP contribution is 2.09. The van der Waals surface area contributed by atoms with E-state index in [1.165, 1.54) is 6.08 Å². The van der Waals surface area contributed by atoms with Crippen LogP contribution in [0.4, 0.5) is 4.39 Å². The summed E-state index contributed by atoms with van der Waals surface area (Å²) in [6.07, 6.45) is 2.91. The molecule has 0 aliphatic carbocycles. The Bertz CT molecular complexity index is 216. The molecule has 4 heteroatoms. The van der Waals surface area contributed by atoms with Gasteiger partial charge in [-0.15, -0.1) is 0 Å². The van der Waals surface area contributed by atoms with Gasteiger partial charge < -0.3 is 11.1 Å². The number of rotatable bonds is 5. The van der Waals surface area contributed by atoms with Crippen LogP contribution in [-0.4, -0.2) is 17.9 Å². The average Bonchev–Trinajstić information content (AvgIpc) is 1.98. The van der Waals surface area contributed by atoms with Gasteiger partial charge in [0.2, 0.25) is 0 Å². The van der Waals surface area contributed by atoms with E-state index in [9.17, 15) is 4.39 Å². The minimum atomic E-state index is -0.248. The average molecular weight is 201 g/mol. The summed E-state index contributed by atoms with van der Waals surface area (Å²) in [7, 11) is 0. The van der Waals surface area contributed by atoms with E-state index in [2.05, 4.69) is 5.32 Å². The predicted molar refractivity (Wildman–Crippen MR) is 58.1 cm³/mol. The van der Waals surface area contributed by atoms with Gasteiger partial charge in [-0.1, -0.05) is 6.08 Å². The van der Waals surface area contributed by atoms with Gasteiger partial charge in [-0.3, -0.25) is 5.41 Å². The van der Waals surface area contributed by atoms with Gasteiger partial charge in [0.15, 0.2) is 0 Å². The van der Waals surface area contributed by atoms with Gasteiger partial charge in [-0.25, -0.2) is 4.39 Å². The zero-order valence-corrected chi connectivity index (χ0v) is 9.15. The van der Waals surface area contributed by atoms with Crippen molar-refractivity contribution in [2.24, 2.45) is 5.73 Å². The summed E-state index contributed by atoms with van der Waals surface area (Å²) < 4.78 is 13.0. The largest absolute Gasteiger partial charge is 0.368 e. The van der Waals surface area contributed by atoms with Gasteiger partial charge in [-0.05, 0) is 33.6 Å². The van der Waals surface area contributed by atoms with Crippen molar-refractivity contribution >= 4 is 5.84 Å². The third-order valence-corrected chi connectivity index (χ3v) is 1.68. The molecular weight excluding hydrogens is 181 g/mol. The van der Waals surface area contributed by atoms with E-state index in [0.29, 0.717) is 6.42 Å². The summed E-state index contributed by atoms with van der Waals surface area (Å²) in [5, 5.41) is 9.64. The smallest absolute Gasteiger partial charge is 0.115 e. The monoisotopic (exact) mass is 201 g/mol. The second-order valence-corrected chi connectivity index (χ2v) is 4.16. The SMILES string of the molecule is CC(=N)NC/C(F)=C/CCC(C)(C)N. The molecule has 0 aliphatic heterocycles. The van der Waals surface area contributed by atoms with Crippen LogP contribution in [0.1, 0.15) is 33.6 Å². The first-order valence-electron chi connectivity index (χ1n) is 4.74. The molecule has 82 valence electrons. The Balaban J connectivity index is 3.72. The summed E-state index contributed by atoms with van der Waals surface area (Å²) in [5.41, 5.74) is 5.49.